The maximum atomic E-state index is 12.6. The lowest BCUT2D eigenvalue weighted by molar-refractivity contribution is -0.114. The van der Waals surface area contributed by atoms with Crippen LogP contribution >= 0.6 is 23.4 Å². The van der Waals surface area contributed by atoms with Gasteiger partial charge in [-0.15, -0.1) is 5.10 Å². The molecule has 176 valence electrons. The minimum atomic E-state index is -3.61. The van der Waals surface area contributed by atoms with Gasteiger partial charge in [0.25, 0.3) is 5.91 Å². The second-order valence-corrected chi connectivity index (χ2v) is 10.7. The van der Waals surface area contributed by atoms with Gasteiger partial charge in [-0.2, -0.15) is 10.0 Å². The van der Waals surface area contributed by atoms with Crippen LogP contribution in [0.15, 0.2) is 58.1 Å². The van der Waals surface area contributed by atoms with Crippen LogP contribution in [0, 0.1) is 5.41 Å². The lowest BCUT2D eigenvalue weighted by Crippen LogP contribution is -2.35. The number of ether oxygens (including phenoxy) is 2. The normalized spacial score (nSPS) is 16.9. The number of sulfone groups is 1. The highest BCUT2D eigenvalue weighted by Crippen LogP contribution is 2.38. The van der Waals surface area contributed by atoms with E-state index in [0.717, 1.165) is 28.6 Å². The van der Waals surface area contributed by atoms with Crippen LogP contribution < -0.4 is 9.47 Å². The van der Waals surface area contributed by atoms with Crippen molar-refractivity contribution in [3.8, 4) is 11.5 Å². The summed E-state index contributed by atoms with van der Waals surface area (Å²) in [5.74, 6) is -0.240. The lowest BCUT2D eigenvalue weighted by Gasteiger charge is -2.20. The average molecular weight is 519 g/mol. The summed E-state index contributed by atoms with van der Waals surface area (Å²) in [6.45, 7) is 2.46. The third-order valence-electron chi connectivity index (χ3n) is 4.62. The number of amidine groups is 2. The molecular weight excluding hydrogens is 500 g/mol. The number of thioether (sulfide) groups is 1. The van der Waals surface area contributed by atoms with E-state index in [1.54, 1.807) is 12.1 Å². The first-order chi connectivity index (χ1) is 16.2. The van der Waals surface area contributed by atoms with Gasteiger partial charge in [-0.25, -0.2) is 8.42 Å². The Bertz CT molecular complexity index is 1370. The highest BCUT2D eigenvalue weighted by molar-refractivity contribution is 8.42. The first-order valence-corrected chi connectivity index (χ1v) is 13.1. The van der Waals surface area contributed by atoms with Crippen LogP contribution in [0.5, 0.6) is 11.5 Å². The Labute approximate surface area is 205 Å². The van der Waals surface area contributed by atoms with Crippen molar-refractivity contribution in [1.29, 1.82) is 5.41 Å². The summed E-state index contributed by atoms with van der Waals surface area (Å²) in [6.07, 6.45) is 2.43. The number of amides is 1. The van der Waals surface area contributed by atoms with Crippen LogP contribution in [-0.4, -0.2) is 47.6 Å². The number of benzene rings is 2. The van der Waals surface area contributed by atoms with Gasteiger partial charge in [-0.05, 0) is 48.0 Å². The number of aliphatic imine (C=N–C) groups is 1. The highest BCUT2D eigenvalue weighted by atomic mass is 35.5. The molecule has 0 fully saturated rings. The van der Waals surface area contributed by atoms with E-state index >= 15 is 0 Å². The Morgan fingerprint density at radius 1 is 1.21 bits per heavy atom. The summed E-state index contributed by atoms with van der Waals surface area (Å²) in [5.41, 5.74) is 1.37. The van der Waals surface area contributed by atoms with Crippen LogP contribution in [0.1, 0.15) is 18.1 Å². The molecule has 0 spiro atoms. The second-order valence-electron chi connectivity index (χ2n) is 7.20. The van der Waals surface area contributed by atoms with Crippen molar-refractivity contribution in [2.75, 3.05) is 12.9 Å². The second kappa shape index (κ2) is 9.61. The summed E-state index contributed by atoms with van der Waals surface area (Å²) >= 11 is 7.21. The van der Waals surface area contributed by atoms with Crippen molar-refractivity contribution in [1.82, 2.24) is 5.01 Å². The fourth-order valence-corrected chi connectivity index (χ4v) is 5.05. The number of hydrogen-bond donors (Lipinski definition) is 1. The number of halogens is 1. The van der Waals surface area contributed by atoms with Crippen molar-refractivity contribution >= 4 is 60.6 Å². The first kappa shape index (κ1) is 24.0. The van der Waals surface area contributed by atoms with Gasteiger partial charge in [-0.1, -0.05) is 41.9 Å². The quantitative estimate of drug-likeness (QED) is 0.575. The highest BCUT2D eigenvalue weighted by Gasteiger charge is 2.38. The van der Waals surface area contributed by atoms with E-state index in [9.17, 15) is 13.2 Å². The zero-order valence-electron chi connectivity index (χ0n) is 18.1. The van der Waals surface area contributed by atoms with E-state index in [1.165, 1.54) is 6.08 Å². The third kappa shape index (κ3) is 5.01. The summed E-state index contributed by atoms with van der Waals surface area (Å²) in [5, 5.41) is 13.6. The molecule has 4 rings (SSSR count). The van der Waals surface area contributed by atoms with Crippen LogP contribution in [-0.2, 0) is 21.2 Å². The van der Waals surface area contributed by atoms with Crippen LogP contribution in [0.25, 0.3) is 6.08 Å². The Morgan fingerprint density at radius 3 is 2.62 bits per heavy atom. The van der Waals surface area contributed by atoms with E-state index in [1.807, 2.05) is 37.3 Å². The predicted molar refractivity (Wildman–Crippen MR) is 133 cm³/mol. The van der Waals surface area contributed by atoms with E-state index in [0.29, 0.717) is 23.7 Å². The fourth-order valence-electron chi connectivity index (χ4n) is 3.10. The van der Waals surface area contributed by atoms with Gasteiger partial charge < -0.3 is 9.47 Å². The molecule has 9 nitrogen and oxygen atoms in total. The van der Waals surface area contributed by atoms with Gasteiger partial charge in [0, 0.05) is 6.26 Å². The fraction of sp³-hybridized carbons (Fsp3) is 0.182. The van der Waals surface area contributed by atoms with Crippen molar-refractivity contribution in [2.45, 2.75) is 13.5 Å². The molecular formula is C22H19ClN4O5S2. The Morgan fingerprint density at radius 2 is 1.94 bits per heavy atom. The van der Waals surface area contributed by atoms with Gasteiger partial charge in [0.2, 0.25) is 19.4 Å². The molecule has 0 atom stereocenters. The lowest BCUT2D eigenvalue weighted by atomic mass is 10.1. The number of hydrazone groups is 1. The minimum Gasteiger partial charge on any atom is -0.490 e. The SMILES string of the molecule is CCOc1cc(/C=C2/C(=N)N3N=C(S(C)(=O)=O)SC3=NC2=O)cc(Cl)c1OCc1ccccc1. The number of carbonyl (C=O) groups excluding carboxylic acids is 1. The van der Waals surface area contributed by atoms with Gasteiger partial charge >= 0.3 is 0 Å². The van der Waals surface area contributed by atoms with E-state index in [-0.39, 0.29) is 32.6 Å². The van der Waals surface area contributed by atoms with Gasteiger partial charge in [0.05, 0.1) is 17.2 Å². The maximum absolute atomic E-state index is 12.6. The number of carbonyl (C=O) groups is 1. The molecule has 0 bridgehead atoms. The van der Waals surface area contributed by atoms with Gasteiger partial charge in [0.1, 0.15) is 6.61 Å². The molecule has 0 radical (unpaired) electrons. The number of nitrogens with zero attached hydrogens (tertiary/aromatic N) is 3. The number of rotatable bonds is 6. The molecule has 0 aliphatic carbocycles. The molecule has 2 aliphatic rings. The standard InChI is InChI=1S/C22H19ClN4O5S2/c1-3-31-17-11-14(10-16(23)18(17)32-12-13-7-5-4-6-8-13)9-15-19(24)27-21(25-20(15)28)33-22(26-27)34(2,29)30/h4-11,24H,3,12H2,1-2H3/b15-9-,24-19?. The smallest absolute Gasteiger partial charge is 0.283 e. The Balaban J connectivity index is 1.65. The molecule has 2 aromatic carbocycles. The minimum absolute atomic E-state index is 0.0188. The van der Waals surface area contributed by atoms with Crippen molar-refractivity contribution in [3.05, 3.63) is 64.2 Å². The van der Waals surface area contributed by atoms with Crippen molar-refractivity contribution < 1.29 is 22.7 Å². The third-order valence-corrected chi connectivity index (χ3v) is 7.48. The Hall–Kier alpha value is -3.15. The number of hydrogen-bond acceptors (Lipinski definition) is 8. The molecule has 2 heterocycles. The van der Waals surface area contributed by atoms with Crippen molar-refractivity contribution in [3.63, 3.8) is 0 Å². The molecule has 2 aliphatic heterocycles. The molecule has 12 heteroatoms. The number of fused-ring (bicyclic) bond motifs is 1. The van der Waals surface area contributed by atoms with Crippen LogP contribution in [0.2, 0.25) is 5.02 Å². The van der Waals surface area contributed by atoms with Crippen molar-refractivity contribution in [2.24, 2.45) is 10.1 Å². The van der Waals surface area contributed by atoms with Crippen LogP contribution in [0.4, 0.5) is 0 Å². The largest absolute Gasteiger partial charge is 0.490 e. The van der Waals surface area contributed by atoms with Crippen LogP contribution in [0.3, 0.4) is 0 Å². The molecule has 2 aromatic rings. The zero-order valence-corrected chi connectivity index (χ0v) is 20.5. The van der Waals surface area contributed by atoms with Gasteiger partial charge in [-0.3, -0.25) is 10.2 Å². The monoisotopic (exact) mass is 518 g/mol. The Kier molecular flexibility index (Phi) is 6.78. The number of nitrogens with one attached hydrogen (secondary N) is 1. The first-order valence-electron chi connectivity index (χ1n) is 10.0. The molecule has 34 heavy (non-hydrogen) atoms. The average Bonchev–Trinajstić information content (AvgIpc) is 3.22. The topological polar surface area (TPSA) is 121 Å². The van der Waals surface area contributed by atoms with Gasteiger partial charge in [0.15, 0.2) is 17.3 Å². The maximum Gasteiger partial charge on any atom is 0.283 e. The van der Waals surface area contributed by atoms with E-state index < -0.39 is 15.7 Å². The predicted octanol–water partition coefficient (Wildman–Crippen LogP) is 3.94. The molecule has 0 saturated heterocycles. The summed E-state index contributed by atoms with van der Waals surface area (Å²) in [4.78, 5) is 16.5. The molecule has 1 N–H and O–H groups in total. The van der Waals surface area contributed by atoms with E-state index in [2.05, 4.69) is 10.1 Å². The zero-order chi connectivity index (χ0) is 24.5. The summed E-state index contributed by atoms with van der Waals surface area (Å²) in [7, 11) is -3.61. The van der Waals surface area contributed by atoms with E-state index in [4.69, 9.17) is 26.5 Å². The summed E-state index contributed by atoms with van der Waals surface area (Å²) < 4.78 is 35.0. The molecule has 0 unspecified atom stereocenters. The summed E-state index contributed by atoms with van der Waals surface area (Å²) in [6, 6.07) is 12.8. The molecule has 1 amide bonds. The molecule has 0 aromatic heterocycles. The molecule has 0 saturated carbocycles.